The van der Waals surface area contributed by atoms with E-state index in [0.29, 0.717) is 33.3 Å². The van der Waals surface area contributed by atoms with E-state index in [1.165, 1.54) is 0 Å². The number of aryl methyl sites for hydroxylation is 1. The van der Waals surface area contributed by atoms with Gasteiger partial charge in [-0.3, -0.25) is 9.59 Å². The van der Waals surface area contributed by atoms with Gasteiger partial charge in [-0.2, -0.15) is 0 Å². The zero-order valence-electron chi connectivity index (χ0n) is 16.3. The summed E-state index contributed by atoms with van der Waals surface area (Å²) in [6.07, 6.45) is 0.208. The average Bonchev–Trinajstić information content (AvgIpc) is 3.16. The molecule has 4 rings (SSSR count). The van der Waals surface area contributed by atoms with Crippen LogP contribution in [0.3, 0.4) is 0 Å². The van der Waals surface area contributed by atoms with Gasteiger partial charge in [-0.1, -0.05) is 29.3 Å². The van der Waals surface area contributed by atoms with E-state index in [0.717, 1.165) is 11.1 Å². The number of halogens is 1. The molecule has 0 unspecified atom stereocenters. The number of aromatic nitrogens is 1. The van der Waals surface area contributed by atoms with Gasteiger partial charge in [0.15, 0.2) is 11.4 Å². The second-order valence-electron chi connectivity index (χ2n) is 7.05. The van der Waals surface area contributed by atoms with Crippen molar-refractivity contribution in [3.05, 3.63) is 82.9 Å². The van der Waals surface area contributed by atoms with Gasteiger partial charge in [0.25, 0.3) is 0 Å². The molecular formula is C24H19ClN2O3. The van der Waals surface area contributed by atoms with Crippen LogP contribution in [0.25, 0.3) is 22.6 Å². The minimum atomic E-state index is -0.241. The molecule has 0 radical (unpaired) electrons. The van der Waals surface area contributed by atoms with Gasteiger partial charge in [0, 0.05) is 40.7 Å². The molecule has 0 aliphatic carbocycles. The van der Waals surface area contributed by atoms with Gasteiger partial charge in [0.05, 0.1) is 0 Å². The highest BCUT2D eigenvalue weighted by molar-refractivity contribution is 6.30. The van der Waals surface area contributed by atoms with E-state index in [9.17, 15) is 9.59 Å². The number of oxazole rings is 1. The topological polar surface area (TPSA) is 72.2 Å². The lowest BCUT2D eigenvalue weighted by Crippen LogP contribution is -2.13. The van der Waals surface area contributed by atoms with Crippen LogP contribution in [0, 0.1) is 6.92 Å². The van der Waals surface area contributed by atoms with Gasteiger partial charge >= 0.3 is 0 Å². The molecule has 0 saturated carbocycles. The van der Waals surface area contributed by atoms with Crippen LogP contribution in [0.4, 0.5) is 5.69 Å². The number of carbonyl (C=O) groups is 2. The van der Waals surface area contributed by atoms with Crippen LogP contribution in [-0.2, 0) is 4.79 Å². The quantitative estimate of drug-likeness (QED) is 0.386. The van der Waals surface area contributed by atoms with Gasteiger partial charge in [0.1, 0.15) is 5.52 Å². The minimum Gasteiger partial charge on any atom is -0.436 e. The zero-order chi connectivity index (χ0) is 21.1. The first kappa shape index (κ1) is 19.9. The maximum Gasteiger partial charge on any atom is 0.227 e. The molecular weight excluding hydrogens is 400 g/mol. The number of fused-ring (bicyclic) bond motifs is 1. The van der Waals surface area contributed by atoms with Gasteiger partial charge in [-0.15, -0.1) is 0 Å². The number of benzene rings is 3. The molecule has 0 aliphatic heterocycles. The molecule has 1 aromatic heterocycles. The maximum absolute atomic E-state index is 12.3. The number of anilines is 1. The number of Topliss-reactive ketones (excluding diaryl/α,β-unsaturated/α-hetero) is 1. The monoisotopic (exact) mass is 418 g/mol. The van der Waals surface area contributed by atoms with Crippen LogP contribution in [0.1, 0.15) is 28.8 Å². The molecule has 6 heteroatoms. The number of ketones is 1. The highest BCUT2D eigenvalue weighted by atomic mass is 35.5. The summed E-state index contributed by atoms with van der Waals surface area (Å²) in [7, 11) is 0. The van der Waals surface area contributed by atoms with E-state index in [2.05, 4.69) is 10.3 Å². The van der Waals surface area contributed by atoms with Crippen molar-refractivity contribution >= 4 is 40.1 Å². The van der Waals surface area contributed by atoms with Crippen molar-refractivity contribution in [1.82, 2.24) is 4.98 Å². The Hall–Kier alpha value is -3.44. The Kier molecular flexibility index (Phi) is 5.63. The van der Waals surface area contributed by atoms with Crippen LogP contribution in [-0.4, -0.2) is 16.7 Å². The summed E-state index contributed by atoms with van der Waals surface area (Å²) in [5.41, 5.74) is 4.45. The van der Waals surface area contributed by atoms with E-state index in [1.807, 2.05) is 31.2 Å². The van der Waals surface area contributed by atoms with Crippen molar-refractivity contribution in [2.45, 2.75) is 19.8 Å². The Labute approximate surface area is 178 Å². The predicted molar refractivity (Wildman–Crippen MR) is 118 cm³/mol. The molecule has 1 N–H and O–H groups in total. The first-order chi connectivity index (χ1) is 14.5. The predicted octanol–water partition coefficient (Wildman–Crippen LogP) is 6.06. The highest BCUT2D eigenvalue weighted by Crippen LogP contribution is 2.27. The molecule has 5 nitrogen and oxygen atoms in total. The summed E-state index contributed by atoms with van der Waals surface area (Å²) in [6.45, 7) is 2.01. The van der Waals surface area contributed by atoms with Crippen molar-refractivity contribution in [2.24, 2.45) is 0 Å². The van der Waals surface area contributed by atoms with Crippen LogP contribution < -0.4 is 5.32 Å². The maximum atomic E-state index is 12.3. The molecule has 3 aromatic carbocycles. The van der Waals surface area contributed by atoms with Gasteiger partial charge in [-0.25, -0.2) is 4.98 Å². The van der Waals surface area contributed by atoms with Crippen LogP contribution in [0.2, 0.25) is 5.02 Å². The number of hydrogen-bond donors (Lipinski definition) is 1. The Morgan fingerprint density at radius 2 is 1.80 bits per heavy atom. The number of carbonyl (C=O) groups excluding carboxylic acids is 2. The molecule has 4 aromatic rings. The second kappa shape index (κ2) is 8.51. The summed E-state index contributed by atoms with van der Waals surface area (Å²) in [5, 5.41) is 3.38. The van der Waals surface area contributed by atoms with Gasteiger partial charge < -0.3 is 9.73 Å². The summed E-state index contributed by atoms with van der Waals surface area (Å²) < 4.78 is 5.87. The van der Waals surface area contributed by atoms with Crippen LogP contribution in [0.5, 0.6) is 0 Å². The molecule has 1 amide bonds. The molecule has 0 bridgehead atoms. The molecule has 0 atom stereocenters. The molecule has 0 saturated heterocycles. The molecule has 0 spiro atoms. The standard InChI is InChI=1S/C24H19ClN2O3/c1-15-3-2-4-17(13-15)24-27-20-10-9-19(14-22(20)30-24)26-23(29)12-11-21(28)16-5-7-18(25)8-6-16/h2-10,13-14H,11-12H2,1H3,(H,26,29). The van der Waals surface area contributed by atoms with Crippen molar-refractivity contribution in [3.8, 4) is 11.5 Å². The third-order valence-electron chi connectivity index (χ3n) is 4.68. The van der Waals surface area contributed by atoms with Crippen molar-refractivity contribution < 1.29 is 14.0 Å². The van der Waals surface area contributed by atoms with E-state index < -0.39 is 0 Å². The summed E-state index contributed by atoms with van der Waals surface area (Å²) in [4.78, 5) is 29.0. The first-order valence-corrected chi connectivity index (χ1v) is 9.92. The Morgan fingerprint density at radius 1 is 1.00 bits per heavy atom. The normalized spacial score (nSPS) is 10.9. The van der Waals surface area contributed by atoms with E-state index >= 15 is 0 Å². The fraction of sp³-hybridized carbons (Fsp3) is 0.125. The lowest BCUT2D eigenvalue weighted by atomic mass is 10.1. The average molecular weight is 419 g/mol. The number of nitrogens with zero attached hydrogens (tertiary/aromatic N) is 1. The molecule has 1 heterocycles. The number of amides is 1. The third-order valence-corrected chi connectivity index (χ3v) is 4.93. The summed E-state index contributed by atoms with van der Waals surface area (Å²) in [5.74, 6) is 0.191. The fourth-order valence-corrected chi connectivity index (χ4v) is 3.26. The van der Waals surface area contributed by atoms with Crippen LogP contribution >= 0.6 is 11.6 Å². The van der Waals surface area contributed by atoms with E-state index in [4.69, 9.17) is 16.0 Å². The highest BCUT2D eigenvalue weighted by Gasteiger charge is 2.12. The Balaban J connectivity index is 1.41. The molecule has 0 fully saturated rings. The van der Waals surface area contributed by atoms with E-state index in [-0.39, 0.29) is 24.5 Å². The molecule has 0 aliphatic rings. The summed E-state index contributed by atoms with van der Waals surface area (Å²) >= 11 is 5.83. The number of hydrogen-bond acceptors (Lipinski definition) is 4. The number of nitrogens with one attached hydrogen (secondary N) is 1. The smallest absolute Gasteiger partial charge is 0.227 e. The van der Waals surface area contributed by atoms with Crippen molar-refractivity contribution in [2.75, 3.05) is 5.32 Å². The SMILES string of the molecule is Cc1cccc(-c2nc3ccc(NC(=O)CCC(=O)c4ccc(Cl)cc4)cc3o2)c1. The minimum absolute atomic E-state index is 0.0877. The van der Waals surface area contributed by atoms with Gasteiger partial charge in [-0.05, 0) is 55.5 Å². The first-order valence-electron chi connectivity index (χ1n) is 9.54. The van der Waals surface area contributed by atoms with E-state index in [1.54, 1.807) is 42.5 Å². The number of rotatable bonds is 6. The Bertz CT molecular complexity index is 1230. The van der Waals surface area contributed by atoms with Gasteiger partial charge in [0.2, 0.25) is 11.8 Å². The zero-order valence-corrected chi connectivity index (χ0v) is 17.1. The fourth-order valence-electron chi connectivity index (χ4n) is 3.13. The lowest BCUT2D eigenvalue weighted by molar-refractivity contribution is -0.116. The molecule has 150 valence electrons. The van der Waals surface area contributed by atoms with Crippen molar-refractivity contribution in [3.63, 3.8) is 0 Å². The second-order valence-corrected chi connectivity index (χ2v) is 7.49. The van der Waals surface area contributed by atoms with Crippen molar-refractivity contribution in [1.29, 1.82) is 0 Å². The third kappa shape index (κ3) is 4.58. The molecule has 30 heavy (non-hydrogen) atoms. The summed E-state index contributed by atoms with van der Waals surface area (Å²) in [6, 6.07) is 19.9. The largest absolute Gasteiger partial charge is 0.436 e. The lowest BCUT2D eigenvalue weighted by Gasteiger charge is -2.05. The van der Waals surface area contributed by atoms with Crippen LogP contribution in [0.15, 0.2) is 71.1 Å². The Morgan fingerprint density at radius 3 is 2.57 bits per heavy atom.